The number of thioether (sulfide) groups is 1. The summed E-state index contributed by atoms with van der Waals surface area (Å²) in [5.74, 6) is -6.02. The molecule has 0 radical (unpaired) electrons. The first kappa shape index (κ1) is 22.7. The van der Waals surface area contributed by atoms with Gasteiger partial charge in [0.25, 0.3) is 5.76 Å². The van der Waals surface area contributed by atoms with Gasteiger partial charge in [0, 0.05) is 5.56 Å². The minimum atomic E-state index is -2.87. The van der Waals surface area contributed by atoms with Crippen molar-refractivity contribution in [1.29, 1.82) is 0 Å². The zero-order chi connectivity index (χ0) is 21.8. The Balaban J connectivity index is 2.05. The SMILES string of the molecule is CCCC1CCC(c2c(C(=O)O)cccc2-c2ccc(SC(F)F)c(F)c2F)CC1. The number of carboxylic acids is 1. The quantitative estimate of drug-likeness (QED) is 0.354. The molecule has 2 aromatic rings. The van der Waals surface area contributed by atoms with Gasteiger partial charge >= 0.3 is 5.97 Å². The van der Waals surface area contributed by atoms with Crippen molar-refractivity contribution >= 4 is 17.7 Å². The molecular weight excluding hydrogens is 416 g/mol. The van der Waals surface area contributed by atoms with Crippen molar-refractivity contribution in [2.45, 2.75) is 62.0 Å². The van der Waals surface area contributed by atoms with Gasteiger partial charge in [0.15, 0.2) is 11.6 Å². The highest BCUT2D eigenvalue weighted by atomic mass is 32.2. The summed E-state index contributed by atoms with van der Waals surface area (Å²) in [7, 11) is 0. The highest BCUT2D eigenvalue weighted by molar-refractivity contribution is 7.99. The van der Waals surface area contributed by atoms with E-state index in [-0.39, 0.29) is 28.8 Å². The lowest BCUT2D eigenvalue weighted by molar-refractivity contribution is 0.0694. The summed E-state index contributed by atoms with van der Waals surface area (Å²) >= 11 is -0.0542. The van der Waals surface area contributed by atoms with Crippen LogP contribution in [0.1, 0.15) is 67.3 Å². The summed E-state index contributed by atoms with van der Waals surface area (Å²) in [4.78, 5) is 11.4. The third-order valence-corrected chi connectivity index (χ3v) is 6.59. The molecule has 1 N–H and O–H groups in total. The second-order valence-corrected chi connectivity index (χ2v) is 8.73. The van der Waals surface area contributed by atoms with Crippen LogP contribution in [0.15, 0.2) is 35.2 Å². The fraction of sp³-hybridized carbons (Fsp3) is 0.435. The van der Waals surface area contributed by atoms with E-state index in [9.17, 15) is 27.5 Å². The van der Waals surface area contributed by atoms with E-state index >= 15 is 0 Å². The zero-order valence-electron chi connectivity index (χ0n) is 16.6. The van der Waals surface area contributed by atoms with Gasteiger partial charge in [-0.1, -0.05) is 49.7 Å². The second kappa shape index (κ2) is 9.86. The average Bonchev–Trinajstić information content (AvgIpc) is 2.72. The molecule has 0 aliphatic heterocycles. The number of carboxylic acid groups (broad SMARTS) is 1. The van der Waals surface area contributed by atoms with Crippen molar-refractivity contribution in [3.8, 4) is 11.1 Å². The summed E-state index contributed by atoms with van der Waals surface area (Å²) in [6.45, 7) is 2.14. The van der Waals surface area contributed by atoms with Crippen LogP contribution in [0.3, 0.4) is 0 Å². The van der Waals surface area contributed by atoms with Gasteiger partial charge in [-0.3, -0.25) is 0 Å². The average molecular weight is 441 g/mol. The predicted octanol–water partition coefficient (Wildman–Crippen LogP) is 7.72. The highest BCUT2D eigenvalue weighted by Crippen LogP contribution is 2.44. The van der Waals surface area contributed by atoms with Crippen LogP contribution in [0.5, 0.6) is 0 Å². The van der Waals surface area contributed by atoms with Crippen molar-refractivity contribution in [2.75, 3.05) is 0 Å². The Morgan fingerprint density at radius 2 is 1.77 bits per heavy atom. The van der Waals surface area contributed by atoms with Gasteiger partial charge in [-0.25, -0.2) is 13.6 Å². The lowest BCUT2D eigenvalue weighted by Gasteiger charge is -2.31. The monoisotopic (exact) mass is 440 g/mol. The third-order valence-electron chi connectivity index (χ3n) is 5.84. The highest BCUT2D eigenvalue weighted by Gasteiger charge is 2.29. The number of halogens is 4. The van der Waals surface area contributed by atoms with Gasteiger partial charge in [0.2, 0.25) is 0 Å². The van der Waals surface area contributed by atoms with Gasteiger partial charge in [-0.2, -0.15) is 8.78 Å². The van der Waals surface area contributed by atoms with Crippen molar-refractivity contribution in [3.63, 3.8) is 0 Å². The topological polar surface area (TPSA) is 37.3 Å². The number of hydrogen-bond donors (Lipinski definition) is 1. The minimum absolute atomic E-state index is 0.0542. The molecule has 1 fully saturated rings. The fourth-order valence-electron chi connectivity index (χ4n) is 4.50. The van der Waals surface area contributed by atoms with Crippen LogP contribution in [-0.2, 0) is 0 Å². The van der Waals surface area contributed by atoms with E-state index in [0.29, 0.717) is 17.0 Å². The van der Waals surface area contributed by atoms with E-state index in [0.717, 1.165) is 44.6 Å². The van der Waals surface area contributed by atoms with E-state index in [1.165, 1.54) is 18.2 Å². The molecule has 0 unspecified atom stereocenters. The van der Waals surface area contributed by atoms with Gasteiger partial charge in [0.1, 0.15) is 0 Å². The maximum absolute atomic E-state index is 14.9. The Labute approximate surface area is 177 Å². The van der Waals surface area contributed by atoms with E-state index in [1.54, 1.807) is 6.07 Å². The Bertz CT molecular complexity index is 908. The number of rotatable bonds is 7. The number of alkyl halides is 2. The number of hydrogen-bond acceptors (Lipinski definition) is 2. The normalized spacial score (nSPS) is 19.3. The van der Waals surface area contributed by atoms with Gasteiger partial charge in [-0.15, -0.1) is 0 Å². The van der Waals surface area contributed by atoms with Gasteiger partial charge in [0.05, 0.1) is 10.5 Å². The lowest BCUT2D eigenvalue weighted by Crippen LogP contribution is -2.17. The molecule has 0 heterocycles. The molecule has 0 atom stereocenters. The van der Waals surface area contributed by atoms with Crippen molar-refractivity contribution in [3.05, 3.63) is 53.1 Å². The lowest BCUT2D eigenvalue weighted by atomic mass is 9.74. The summed E-state index contributed by atoms with van der Waals surface area (Å²) in [5.41, 5.74) is 0.809. The van der Waals surface area contributed by atoms with Gasteiger partial charge in [-0.05, 0) is 60.8 Å². The molecule has 0 aromatic heterocycles. The zero-order valence-corrected chi connectivity index (χ0v) is 17.5. The van der Waals surface area contributed by atoms with Crippen LogP contribution in [0.2, 0.25) is 0 Å². The fourth-order valence-corrected chi connectivity index (χ4v) is 5.03. The number of aromatic carboxylic acids is 1. The number of carbonyl (C=O) groups is 1. The minimum Gasteiger partial charge on any atom is -0.478 e. The molecule has 7 heteroatoms. The van der Waals surface area contributed by atoms with Crippen LogP contribution in [0, 0.1) is 17.6 Å². The Kier molecular flexibility index (Phi) is 7.45. The maximum atomic E-state index is 14.9. The standard InChI is InChI=1S/C23H24F4O2S/c1-2-4-13-7-9-14(10-8-13)19-15(5-3-6-17(19)22(28)29)16-11-12-18(30-23(26)27)21(25)20(16)24/h3,5-6,11-14,23H,2,4,7-10H2,1H3,(H,28,29). The molecule has 1 saturated carbocycles. The molecule has 2 aromatic carbocycles. The molecule has 0 saturated heterocycles. The van der Waals surface area contributed by atoms with Crippen molar-refractivity contribution < 1.29 is 27.5 Å². The Hall–Kier alpha value is -2.02. The smallest absolute Gasteiger partial charge is 0.335 e. The number of benzene rings is 2. The molecule has 162 valence electrons. The molecule has 0 amide bonds. The van der Waals surface area contributed by atoms with Crippen molar-refractivity contribution in [1.82, 2.24) is 0 Å². The van der Waals surface area contributed by atoms with E-state index < -0.39 is 28.3 Å². The summed E-state index contributed by atoms with van der Waals surface area (Å²) in [5, 5.41) is 9.72. The van der Waals surface area contributed by atoms with Crippen LogP contribution >= 0.6 is 11.8 Å². The molecule has 30 heavy (non-hydrogen) atoms. The van der Waals surface area contributed by atoms with Crippen LogP contribution < -0.4 is 0 Å². The van der Waals surface area contributed by atoms with Crippen molar-refractivity contribution in [2.24, 2.45) is 5.92 Å². The molecule has 0 spiro atoms. The van der Waals surface area contributed by atoms with E-state index in [1.807, 2.05) is 0 Å². The Morgan fingerprint density at radius 1 is 1.07 bits per heavy atom. The Morgan fingerprint density at radius 3 is 2.37 bits per heavy atom. The third kappa shape index (κ3) is 4.82. The second-order valence-electron chi connectivity index (χ2n) is 7.70. The van der Waals surface area contributed by atoms with E-state index in [4.69, 9.17) is 0 Å². The van der Waals surface area contributed by atoms with E-state index in [2.05, 4.69) is 6.92 Å². The first-order valence-electron chi connectivity index (χ1n) is 10.1. The molecule has 3 rings (SSSR count). The van der Waals surface area contributed by atoms with Gasteiger partial charge < -0.3 is 5.11 Å². The first-order valence-corrected chi connectivity index (χ1v) is 11.0. The molecular formula is C23H24F4O2S. The maximum Gasteiger partial charge on any atom is 0.335 e. The molecule has 0 bridgehead atoms. The largest absolute Gasteiger partial charge is 0.478 e. The summed E-state index contributed by atoms with van der Waals surface area (Å²) in [6.07, 6.45) is 5.72. The summed E-state index contributed by atoms with van der Waals surface area (Å²) in [6, 6.07) is 6.95. The summed E-state index contributed by atoms with van der Waals surface area (Å²) < 4.78 is 54.5. The first-order chi connectivity index (χ1) is 14.3. The molecule has 1 aliphatic carbocycles. The van der Waals surface area contributed by atoms with Crippen LogP contribution in [0.4, 0.5) is 17.6 Å². The predicted molar refractivity (Wildman–Crippen MR) is 110 cm³/mol. The molecule has 2 nitrogen and oxygen atoms in total. The van der Waals surface area contributed by atoms with Crippen LogP contribution in [0.25, 0.3) is 11.1 Å². The van der Waals surface area contributed by atoms with Crippen LogP contribution in [-0.4, -0.2) is 16.8 Å². The molecule has 1 aliphatic rings.